The molecular weight excluding hydrogens is 356 g/mol. The summed E-state index contributed by atoms with van der Waals surface area (Å²) >= 11 is 0. The van der Waals surface area contributed by atoms with E-state index in [0.717, 1.165) is 16.7 Å². The van der Waals surface area contributed by atoms with Crippen molar-refractivity contribution in [3.8, 4) is 11.1 Å². The number of carbonyl (C=O) groups is 2. The predicted octanol–water partition coefficient (Wildman–Crippen LogP) is 5.32. The molecule has 0 saturated carbocycles. The Kier molecular flexibility index (Phi) is 6.82. The van der Waals surface area contributed by atoms with Crippen LogP contribution in [0.25, 0.3) is 17.2 Å². The number of hydrogen-bond acceptors (Lipinski definition) is 3. The fraction of sp³-hybridized carbons (Fsp3) is 0.273. The molecule has 0 bridgehead atoms. The molecule has 2 aromatic carbocycles. The normalized spacial score (nSPS) is 11.3. The van der Waals surface area contributed by atoms with E-state index in [1.165, 1.54) is 4.90 Å². The van der Waals surface area contributed by atoms with Crippen LogP contribution in [0.1, 0.15) is 26.3 Å². The van der Waals surface area contributed by atoms with Crippen LogP contribution in [0.4, 0.5) is 15.3 Å². The molecule has 0 spiro atoms. The Labute approximate surface area is 165 Å². The number of amides is 2. The van der Waals surface area contributed by atoms with Crippen LogP contribution in [0.3, 0.4) is 0 Å². The maximum atomic E-state index is 12.0. The standard InChI is InChI=1S/C22H26N2O4/c1-22(2,3)28-21(27)24(4)14-8-9-16-12-13-18(17-10-6-5-7-11-17)19(15-16)23-20(25)26/h5-13,15,23H,14H2,1-4H3,(H,25,26). The van der Waals surface area contributed by atoms with E-state index in [4.69, 9.17) is 9.84 Å². The van der Waals surface area contributed by atoms with Gasteiger partial charge in [-0.25, -0.2) is 9.59 Å². The van der Waals surface area contributed by atoms with E-state index in [1.54, 1.807) is 13.1 Å². The molecule has 0 saturated heterocycles. The summed E-state index contributed by atoms with van der Waals surface area (Å²) in [5, 5.41) is 11.6. The Bertz CT molecular complexity index is 855. The van der Waals surface area contributed by atoms with E-state index in [9.17, 15) is 9.59 Å². The van der Waals surface area contributed by atoms with Gasteiger partial charge in [0.2, 0.25) is 0 Å². The first-order chi connectivity index (χ1) is 13.2. The zero-order chi connectivity index (χ0) is 20.7. The number of hydrogen-bond donors (Lipinski definition) is 2. The van der Waals surface area contributed by atoms with Gasteiger partial charge in [-0.1, -0.05) is 54.6 Å². The maximum absolute atomic E-state index is 12.0. The first kappa shape index (κ1) is 21.0. The van der Waals surface area contributed by atoms with Gasteiger partial charge in [-0.3, -0.25) is 5.32 Å². The maximum Gasteiger partial charge on any atom is 0.410 e. The number of benzene rings is 2. The van der Waals surface area contributed by atoms with Crippen LogP contribution in [0.5, 0.6) is 0 Å². The summed E-state index contributed by atoms with van der Waals surface area (Å²) in [4.78, 5) is 24.6. The highest BCUT2D eigenvalue weighted by atomic mass is 16.6. The zero-order valence-corrected chi connectivity index (χ0v) is 16.6. The van der Waals surface area contributed by atoms with Crippen LogP contribution in [0.2, 0.25) is 0 Å². The number of rotatable bonds is 5. The molecule has 6 heteroatoms. The van der Waals surface area contributed by atoms with Gasteiger partial charge in [0.05, 0.1) is 5.69 Å². The fourth-order valence-electron chi connectivity index (χ4n) is 2.51. The molecule has 0 aliphatic carbocycles. The fourth-order valence-corrected chi connectivity index (χ4v) is 2.51. The third-order valence-corrected chi connectivity index (χ3v) is 3.76. The number of likely N-dealkylation sites (N-methyl/N-ethyl adjacent to an activating group) is 1. The molecule has 0 atom stereocenters. The first-order valence-corrected chi connectivity index (χ1v) is 8.96. The van der Waals surface area contributed by atoms with E-state index >= 15 is 0 Å². The summed E-state index contributed by atoms with van der Waals surface area (Å²) in [7, 11) is 1.66. The van der Waals surface area contributed by atoms with Crippen molar-refractivity contribution in [2.75, 3.05) is 18.9 Å². The molecule has 0 aliphatic rings. The molecule has 2 amide bonds. The van der Waals surface area contributed by atoms with Crippen molar-refractivity contribution in [3.63, 3.8) is 0 Å². The highest BCUT2D eigenvalue weighted by Gasteiger charge is 2.18. The van der Waals surface area contributed by atoms with E-state index in [2.05, 4.69) is 5.32 Å². The van der Waals surface area contributed by atoms with Crippen molar-refractivity contribution in [1.29, 1.82) is 0 Å². The molecule has 2 aromatic rings. The van der Waals surface area contributed by atoms with E-state index < -0.39 is 17.8 Å². The molecule has 0 radical (unpaired) electrons. The molecule has 0 aromatic heterocycles. The van der Waals surface area contributed by atoms with Crippen LogP contribution in [0.15, 0.2) is 54.6 Å². The van der Waals surface area contributed by atoms with Crippen molar-refractivity contribution in [3.05, 3.63) is 60.2 Å². The summed E-state index contributed by atoms with van der Waals surface area (Å²) in [5.41, 5.74) is 2.50. The second-order valence-electron chi connectivity index (χ2n) is 7.36. The van der Waals surface area contributed by atoms with Gasteiger partial charge in [0.15, 0.2) is 0 Å². The minimum Gasteiger partial charge on any atom is -0.465 e. The Hall–Kier alpha value is -3.28. The summed E-state index contributed by atoms with van der Waals surface area (Å²) in [5.74, 6) is 0. The van der Waals surface area contributed by atoms with Crippen LogP contribution in [-0.2, 0) is 4.74 Å². The smallest absolute Gasteiger partial charge is 0.410 e. The second-order valence-corrected chi connectivity index (χ2v) is 7.36. The lowest BCUT2D eigenvalue weighted by Gasteiger charge is -2.23. The van der Waals surface area contributed by atoms with Crippen LogP contribution < -0.4 is 5.32 Å². The molecule has 0 heterocycles. The molecular formula is C22H26N2O4. The Morgan fingerprint density at radius 2 is 1.82 bits per heavy atom. The van der Waals surface area contributed by atoms with Gasteiger partial charge in [0.1, 0.15) is 5.60 Å². The summed E-state index contributed by atoms with van der Waals surface area (Å²) < 4.78 is 5.31. The van der Waals surface area contributed by atoms with Crippen LogP contribution >= 0.6 is 0 Å². The lowest BCUT2D eigenvalue weighted by molar-refractivity contribution is 0.0318. The number of carboxylic acid groups (broad SMARTS) is 1. The third kappa shape index (κ3) is 6.46. The number of carbonyl (C=O) groups excluding carboxylic acids is 1. The van der Waals surface area contributed by atoms with E-state index in [-0.39, 0.29) is 0 Å². The van der Waals surface area contributed by atoms with Gasteiger partial charge >= 0.3 is 12.2 Å². The molecule has 2 N–H and O–H groups in total. The molecule has 148 valence electrons. The minimum atomic E-state index is -1.12. The predicted molar refractivity (Wildman–Crippen MR) is 111 cm³/mol. The average molecular weight is 382 g/mol. The van der Waals surface area contributed by atoms with Crippen molar-refractivity contribution < 1.29 is 19.4 Å². The summed E-state index contributed by atoms with van der Waals surface area (Å²) in [6.45, 7) is 5.83. The molecule has 6 nitrogen and oxygen atoms in total. The van der Waals surface area contributed by atoms with Crippen molar-refractivity contribution in [1.82, 2.24) is 4.90 Å². The zero-order valence-electron chi connectivity index (χ0n) is 16.6. The average Bonchev–Trinajstić information content (AvgIpc) is 2.60. The SMILES string of the molecule is CN(CC=Cc1ccc(-c2ccccc2)c(NC(=O)O)c1)C(=O)OC(C)(C)C. The van der Waals surface area contributed by atoms with Crippen molar-refractivity contribution >= 4 is 23.9 Å². The summed E-state index contributed by atoms with van der Waals surface area (Å²) in [6, 6.07) is 15.1. The number of nitrogens with zero attached hydrogens (tertiary/aromatic N) is 1. The van der Waals surface area contributed by atoms with Gasteiger partial charge in [0, 0.05) is 19.2 Å². The molecule has 0 unspecified atom stereocenters. The minimum absolute atomic E-state index is 0.372. The first-order valence-electron chi connectivity index (χ1n) is 8.96. The Morgan fingerprint density at radius 1 is 1.14 bits per heavy atom. The Morgan fingerprint density at radius 3 is 2.43 bits per heavy atom. The quantitative estimate of drug-likeness (QED) is 0.733. The van der Waals surface area contributed by atoms with Gasteiger partial charge in [-0.2, -0.15) is 0 Å². The highest BCUT2D eigenvalue weighted by Crippen LogP contribution is 2.29. The van der Waals surface area contributed by atoms with Crippen LogP contribution in [-0.4, -0.2) is 41.4 Å². The van der Waals surface area contributed by atoms with Gasteiger partial charge in [-0.15, -0.1) is 0 Å². The third-order valence-electron chi connectivity index (χ3n) is 3.76. The van der Waals surface area contributed by atoms with E-state index in [1.807, 2.05) is 75.4 Å². The molecule has 0 fully saturated rings. The monoisotopic (exact) mass is 382 g/mol. The van der Waals surface area contributed by atoms with Gasteiger partial charge < -0.3 is 14.7 Å². The molecule has 0 aliphatic heterocycles. The lowest BCUT2D eigenvalue weighted by Crippen LogP contribution is -2.34. The van der Waals surface area contributed by atoms with Crippen LogP contribution in [0, 0.1) is 0 Å². The second kappa shape index (κ2) is 9.08. The highest BCUT2D eigenvalue weighted by molar-refractivity contribution is 5.91. The largest absolute Gasteiger partial charge is 0.465 e. The molecule has 2 rings (SSSR count). The topological polar surface area (TPSA) is 78.9 Å². The molecule has 28 heavy (non-hydrogen) atoms. The Balaban J connectivity index is 2.14. The van der Waals surface area contributed by atoms with Crippen molar-refractivity contribution in [2.45, 2.75) is 26.4 Å². The lowest BCUT2D eigenvalue weighted by atomic mass is 10.0. The summed E-state index contributed by atoms with van der Waals surface area (Å²) in [6.07, 6.45) is 2.14. The van der Waals surface area contributed by atoms with Gasteiger partial charge in [-0.05, 0) is 38.0 Å². The number of anilines is 1. The van der Waals surface area contributed by atoms with Crippen molar-refractivity contribution in [2.24, 2.45) is 0 Å². The number of nitrogens with one attached hydrogen (secondary N) is 1. The van der Waals surface area contributed by atoms with E-state index in [0.29, 0.717) is 12.2 Å². The number of ether oxygens (including phenoxy) is 1. The van der Waals surface area contributed by atoms with Gasteiger partial charge in [0.25, 0.3) is 0 Å².